The van der Waals surface area contributed by atoms with Gasteiger partial charge in [0.05, 0.1) is 0 Å². The molecule has 3 rings (SSSR count). The van der Waals surface area contributed by atoms with Gasteiger partial charge in [0.25, 0.3) is 0 Å². The predicted octanol–water partition coefficient (Wildman–Crippen LogP) is 3.21. The van der Waals surface area contributed by atoms with Crippen molar-refractivity contribution >= 4 is 0 Å². The van der Waals surface area contributed by atoms with Crippen molar-refractivity contribution in [2.24, 2.45) is 5.92 Å². The molecule has 1 N–H and O–H groups in total. The normalized spacial score (nSPS) is 20.4. The molecule has 0 heterocycles. The van der Waals surface area contributed by atoms with Gasteiger partial charge in [-0.05, 0) is 69.7 Å². The van der Waals surface area contributed by atoms with E-state index in [0.717, 1.165) is 31.1 Å². The third-order valence-electron chi connectivity index (χ3n) is 4.94. The van der Waals surface area contributed by atoms with Gasteiger partial charge in [0, 0.05) is 18.6 Å². The average molecular weight is 272 g/mol. The van der Waals surface area contributed by atoms with Crippen LogP contribution in [-0.4, -0.2) is 30.6 Å². The van der Waals surface area contributed by atoms with E-state index in [-0.39, 0.29) is 0 Å². The van der Waals surface area contributed by atoms with Crippen LogP contribution in [0.4, 0.5) is 0 Å². The molecule has 0 bridgehead atoms. The lowest BCUT2D eigenvalue weighted by atomic mass is 10.0. The average Bonchev–Trinajstić information content (AvgIpc) is 3.33. The smallest absolute Gasteiger partial charge is 0.0236 e. The summed E-state index contributed by atoms with van der Waals surface area (Å²) in [5, 5.41) is 3.62. The highest BCUT2D eigenvalue weighted by Gasteiger charge is 2.30. The lowest BCUT2D eigenvalue weighted by molar-refractivity contribution is 0.226. The summed E-state index contributed by atoms with van der Waals surface area (Å²) in [5.74, 6) is 0.948. The SMILES string of the molecule is CC(C1CC1)N(C)Cc1ccccc1CCNC1CC1. The highest BCUT2D eigenvalue weighted by molar-refractivity contribution is 5.27. The summed E-state index contributed by atoms with van der Waals surface area (Å²) in [7, 11) is 2.28. The second kappa shape index (κ2) is 6.28. The van der Waals surface area contributed by atoms with Gasteiger partial charge >= 0.3 is 0 Å². The maximum Gasteiger partial charge on any atom is 0.0236 e. The maximum atomic E-state index is 3.62. The molecule has 0 amide bonds. The van der Waals surface area contributed by atoms with Crippen LogP contribution in [-0.2, 0) is 13.0 Å². The van der Waals surface area contributed by atoms with E-state index in [1.165, 1.54) is 43.2 Å². The topological polar surface area (TPSA) is 15.3 Å². The number of nitrogens with zero attached hydrogens (tertiary/aromatic N) is 1. The minimum atomic E-state index is 0.729. The lowest BCUT2D eigenvalue weighted by Gasteiger charge is -2.25. The fraction of sp³-hybridized carbons (Fsp3) is 0.667. The molecule has 0 radical (unpaired) electrons. The van der Waals surface area contributed by atoms with Crippen LogP contribution in [0.2, 0.25) is 0 Å². The number of nitrogens with one attached hydrogen (secondary N) is 1. The Kier molecular flexibility index (Phi) is 4.42. The number of hydrogen-bond donors (Lipinski definition) is 1. The Hall–Kier alpha value is -0.860. The molecule has 1 aromatic carbocycles. The van der Waals surface area contributed by atoms with E-state index >= 15 is 0 Å². The van der Waals surface area contributed by atoms with Crippen LogP contribution in [0.3, 0.4) is 0 Å². The van der Waals surface area contributed by atoms with E-state index < -0.39 is 0 Å². The van der Waals surface area contributed by atoms with Crippen molar-refractivity contribution < 1.29 is 0 Å². The summed E-state index contributed by atoms with van der Waals surface area (Å²) in [4.78, 5) is 2.53. The zero-order valence-electron chi connectivity index (χ0n) is 12.9. The van der Waals surface area contributed by atoms with Crippen LogP contribution >= 0.6 is 0 Å². The highest BCUT2D eigenvalue weighted by atomic mass is 15.1. The molecule has 20 heavy (non-hydrogen) atoms. The lowest BCUT2D eigenvalue weighted by Crippen LogP contribution is -2.30. The van der Waals surface area contributed by atoms with Crippen LogP contribution in [0.5, 0.6) is 0 Å². The van der Waals surface area contributed by atoms with E-state index in [1.54, 1.807) is 0 Å². The molecular weight excluding hydrogens is 244 g/mol. The summed E-state index contributed by atoms with van der Waals surface area (Å²) in [6.07, 6.45) is 6.78. The second-order valence-corrected chi connectivity index (χ2v) is 6.74. The molecule has 0 saturated heterocycles. The fourth-order valence-corrected chi connectivity index (χ4v) is 3.01. The van der Waals surface area contributed by atoms with Gasteiger partial charge in [-0.25, -0.2) is 0 Å². The standard InChI is InChI=1S/C18H28N2/c1-14(15-7-8-15)20(2)13-17-6-4-3-5-16(17)11-12-19-18-9-10-18/h3-6,14-15,18-19H,7-13H2,1-2H3. The van der Waals surface area contributed by atoms with Gasteiger partial charge in [0.1, 0.15) is 0 Å². The zero-order valence-corrected chi connectivity index (χ0v) is 12.9. The molecule has 2 saturated carbocycles. The van der Waals surface area contributed by atoms with Gasteiger partial charge in [-0.1, -0.05) is 24.3 Å². The predicted molar refractivity (Wildman–Crippen MR) is 84.8 cm³/mol. The third-order valence-corrected chi connectivity index (χ3v) is 4.94. The minimum absolute atomic E-state index is 0.729. The van der Waals surface area contributed by atoms with Gasteiger partial charge in [-0.15, -0.1) is 0 Å². The molecule has 2 aliphatic rings. The molecule has 110 valence electrons. The van der Waals surface area contributed by atoms with Crippen LogP contribution in [0.1, 0.15) is 43.7 Å². The minimum Gasteiger partial charge on any atom is -0.314 e. The first-order chi connectivity index (χ1) is 9.74. The van der Waals surface area contributed by atoms with Crippen LogP contribution in [0.25, 0.3) is 0 Å². The fourth-order valence-electron chi connectivity index (χ4n) is 3.01. The summed E-state index contributed by atoms with van der Waals surface area (Å²) in [5.41, 5.74) is 3.04. The van der Waals surface area contributed by atoms with Gasteiger partial charge in [-0.2, -0.15) is 0 Å². The molecule has 0 aliphatic heterocycles. The van der Waals surface area contributed by atoms with Crippen LogP contribution in [0.15, 0.2) is 24.3 Å². The summed E-state index contributed by atoms with van der Waals surface area (Å²) in [6.45, 7) is 4.61. The Morgan fingerprint density at radius 1 is 1.15 bits per heavy atom. The van der Waals surface area contributed by atoms with Crippen molar-refractivity contribution in [3.05, 3.63) is 35.4 Å². The zero-order chi connectivity index (χ0) is 13.9. The molecular formula is C18H28N2. The Morgan fingerprint density at radius 3 is 2.50 bits per heavy atom. The van der Waals surface area contributed by atoms with Gasteiger partial charge in [-0.3, -0.25) is 4.90 Å². The quantitative estimate of drug-likeness (QED) is 0.782. The second-order valence-electron chi connectivity index (χ2n) is 6.74. The van der Waals surface area contributed by atoms with E-state index in [0.29, 0.717) is 0 Å². The number of benzene rings is 1. The van der Waals surface area contributed by atoms with Gasteiger partial charge < -0.3 is 5.32 Å². The molecule has 0 aromatic heterocycles. The summed E-state index contributed by atoms with van der Waals surface area (Å²) < 4.78 is 0. The summed E-state index contributed by atoms with van der Waals surface area (Å²) in [6, 6.07) is 10.5. The molecule has 2 fully saturated rings. The van der Waals surface area contributed by atoms with Crippen molar-refractivity contribution in [2.75, 3.05) is 13.6 Å². The molecule has 1 atom stereocenters. The van der Waals surface area contributed by atoms with Crippen LogP contribution < -0.4 is 5.32 Å². The molecule has 1 aromatic rings. The van der Waals surface area contributed by atoms with Crippen molar-refractivity contribution in [1.82, 2.24) is 10.2 Å². The van der Waals surface area contributed by atoms with E-state index in [4.69, 9.17) is 0 Å². The van der Waals surface area contributed by atoms with Crippen molar-refractivity contribution in [3.63, 3.8) is 0 Å². The third kappa shape index (κ3) is 3.83. The summed E-state index contributed by atoms with van der Waals surface area (Å²) >= 11 is 0. The first-order valence-electron chi connectivity index (χ1n) is 8.24. The van der Waals surface area contributed by atoms with E-state index in [1.807, 2.05) is 0 Å². The largest absolute Gasteiger partial charge is 0.314 e. The molecule has 2 nitrogen and oxygen atoms in total. The molecule has 2 heteroatoms. The first kappa shape index (κ1) is 14.1. The monoisotopic (exact) mass is 272 g/mol. The van der Waals surface area contributed by atoms with Gasteiger partial charge in [0.2, 0.25) is 0 Å². The number of rotatable bonds is 8. The Bertz CT molecular complexity index is 435. The first-order valence-corrected chi connectivity index (χ1v) is 8.24. The Balaban J connectivity index is 1.56. The Morgan fingerprint density at radius 2 is 1.85 bits per heavy atom. The van der Waals surface area contributed by atoms with E-state index in [9.17, 15) is 0 Å². The van der Waals surface area contributed by atoms with Crippen molar-refractivity contribution in [1.29, 1.82) is 0 Å². The molecule has 2 aliphatic carbocycles. The molecule has 1 unspecified atom stereocenters. The molecule has 0 spiro atoms. The van der Waals surface area contributed by atoms with Crippen LogP contribution in [0, 0.1) is 5.92 Å². The maximum absolute atomic E-state index is 3.62. The van der Waals surface area contributed by atoms with E-state index in [2.05, 4.69) is 48.5 Å². The van der Waals surface area contributed by atoms with Crippen molar-refractivity contribution in [2.45, 2.75) is 57.7 Å². The van der Waals surface area contributed by atoms with Crippen molar-refractivity contribution in [3.8, 4) is 0 Å². The Labute approximate surface area is 123 Å². The number of hydrogen-bond acceptors (Lipinski definition) is 2. The highest BCUT2D eigenvalue weighted by Crippen LogP contribution is 2.35. The van der Waals surface area contributed by atoms with Gasteiger partial charge in [0.15, 0.2) is 0 Å².